The van der Waals surface area contributed by atoms with Crippen LogP contribution in [0.15, 0.2) is 36.4 Å². The van der Waals surface area contributed by atoms with Crippen molar-refractivity contribution < 1.29 is 9.47 Å². The van der Waals surface area contributed by atoms with Crippen LogP contribution in [0.4, 0.5) is 0 Å². The summed E-state index contributed by atoms with van der Waals surface area (Å²) in [6, 6.07) is 12.4. The zero-order valence-corrected chi connectivity index (χ0v) is 15.0. The third-order valence-electron chi connectivity index (χ3n) is 4.14. The molecule has 0 amide bonds. The van der Waals surface area contributed by atoms with Crippen molar-refractivity contribution in [3.05, 3.63) is 36.4 Å². The van der Waals surface area contributed by atoms with Crippen molar-refractivity contribution in [2.75, 3.05) is 39.4 Å². The standard InChI is InChI=1S/C20H27N3O2/c1-3-21-9-11-24-15-5-7-19-17(13-15)18-14-16(6-8-20(18)23-19)25-12-10-22-4-2/h5-8,13-14,21-23H,3-4,9-12H2,1-2H3. The molecule has 0 spiro atoms. The zero-order valence-electron chi connectivity index (χ0n) is 15.0. The van der Waals surface area contributed by atoms with Crippen molar-refractivity contribution in [3.63, 3.8) is 0 Å². The first kappa shape index (κ1) is 17.6. The van der Waals surface area contributed by atoms with E-state index in [4.69, 9.17) is 9.47 Å². The molecule has 0 saturated heterocycles. The Morgan fingerprint density at radius 3 is 1.68 bits per heavy atom. The highest BCUT2D eigenvalue weighted by molar-refractivity contribution is 6.08. The van der Waals surface area contributed by atoms with Crippen LogP contribution in [-0.2, 0) is 0 Å². The monoisotopic (exact) mass is 341 g/mol. The normalized spacial score (nSPS) is 11.3. The van der Waals surface area contributed by atoms with Gasteiger partial charge in [0.2, 0.25) is 0 Å². The first-order chi connectivity index (χ1) is 12.3. The van der Waals surface area contributed by atoms with Gasteiger partial charge in [0.1, 0.15) is 24.7 Å². The fraction of sp³-hybridized carbons (Fsp3) is 0.400. The summed E-state index contributed by atoms with van der Waals surface area (Å²) in [6.07, 6.45) is 0. The fourth-order valence-corrected chi connectivity index (χ4v) is 2.87. The molecule has 3 rings (SSSR count). The lowest BCUT2D eigenvalue weighted by Gasteiger charge is -2.07. The molecule has 134 valence electrons. The second kappa shape index (κ2) is 8.74. The van der Waals surface area contributed by atoms with Crippen molar-refractivity contribution in [2.24, 2.45) is 0 Å². The van der Waals surface area contributed by atoms with Gasteiger partial charge < -0.3 is 25.1 Å². The smallest absolute Gasteiger partial charge is 0.120 e. The SMILES string of the molecule is CCNCCOc1ccc2[nH]c3ccc(OCCNCC)cc3c2c1. The molecule has 0 unspecified atom stereocenters. The van der Waals surface area contributed by atoms with Gasteiger partial charge in [-0.2, -0.15) is 0 Å². The van der Waals surface area contributed by atoms with Crippen molar-refractivity contribution in [2.45, 2.75) is 13.8 Å². The van der Waals surface area contributed by atoms with Crippen molar-refractivity contribution in [3.8, 4) is 11.5 Å². The molecule has 0 aliphatic rings. The maximum absolute atomic E-state index is 5.84. The molecule has 0 aliphatic heterocycles. The van der Waals surface area contributed by atoms with Crippen LogP contribution in [0.2, 0.25) is 0 Å². The molecule has 3 N–H and O–H groups in total. The van der Waals surface area contributed by atoms with E-state index >= 15 is 0 Å². The number of rotatable bonds is 10. The van der Waals surface area contributed by atoms with E-state index < -0.39 is 0 Å². The number of fused-ring (bicyclic) bond motifs is 3. The second-order valence-electron chi connectivity index (χ2n) is 5.94. The van der Waals surface area contributed by atoms with Crippen LogP contribution in [-0.4, -0.2) is 44.4 Å². The van der Waals surface area contributed by atoms with Crippen molar-refractivity contribution in [1.82, 2.24) is 15.6 Å². The molecule has 0 fully saturated rings. The van der Waals surface area contributed by atoms with Gasteiger partial charge in [0.25, 0.3) is 0 Å². The molecule has 5 nitrogen and oxygen atoms in total. The van der Waals surface area contributed by atoms with Crippen molar-refractivity contribution >= 4 is 21.8 Å². The number of likely N-dealkylation sites (N-methyl/N-ethyl adjacent to an activating group) is 2. The van der Waals surface area contributed by atoms with Crippen LogP contribution in [0.3, 0.4) is 0 Å². The highest BCUT2D eigenvalue weighted by Crippen LogP contribution is 2.31. The van der Waals surface area contributed by atoms with E-state index in [1.807, 2.05) is 12.1 Å². The minimum absolute atomic E-state index is 0.667. The maximum atomic E-state index is 5.84. The molecule has 25 heavy (non-hydrogen) atoms. The lowest BCUT2D eigenvalue weighted by molar-refractivity contribution is 0.315. The average Bonchev–Trinajstić information content (AvgIpc) is 3.00. The van der Waals surface area contributed by atoms with Gasteiger partial charge >= 0.3 is 0 Å². The van der Waals surface area contributed by atoms with Gasteiger partial charge in [-0.1, -0.05) is 13.8 Å². The van der Waals surface area contributed by atoms with Gasteiger partial charge in [-0.25, -0.2) is 0 Å². The topological polar surface area (TPSA) is 58.3 Å². The number of aromatic nitrogens is 1. The van der Waals surface area contributed by atoms with Crippen LogP contribution >= 0.6 is 0 Å². The van der Waals surface area contributed by atoms with Gasteiger partial charge in [0.05, 0.1) is 0 Å². The number of nitrogens with one attached hydrogen (secondary N) is 3. The zero-order chi connectivity index (χ0) is 17.5. The summed E-state index contributed by atoms with van der Waals surface area (Å²) >= 11 is 0. The summed E-state index contributed by atoms with van der Waals surface area (Å²) in [5.74, 6) is 1.79. The van der Waals surface area contributed by atoms with Gasteiger partial charge in [0.15, 0.2) is 0 Å². The number of hydrogen-bond acceptors (Lipinski definition) is 4. The lowest BCUT2D eigenvalue weighted by atomic mass is 10.1. The summed E-state index contributed by atoms with van der Waals surface area (Å²) in [5, 5.41) is 8.85. The quantitative estimate of drug-likeness (QED) is 0.495. The number of ether oxygens (including phenoxy) is 2. The summed E-state index contributed by atoms with van der Waals surface area (Å²) in [7, 11) is 0. The predicted octanol–water partition coefficient (Wildman–Crippen LogP) is 3.30. The largest absolute Gasteiger partial charge is 0.492 e. The number of H-pyrrole nitrogens is 1. The van der Waals surface area contributed by atoms with Gasteiger partial charge in [-0.15, -0.1) is 0 Å². The third-order valence-corrected chi connectivity index (χ3v) is 4.14. The molecule has 0 aliphatic carbocycles. The number of benzene rings is 2. The minimum Gasteiger partial charge on any atom is -0.492 e. The van der Waals surface area contributed by atoms with E-state index in [2.05, 4.69) is 53.7 Å². The Morgan fingerprint density at radius 2 is 1.24 bits per heavy atom. The molecule has 0 saturated carbocycles. The van der Waals surface area contributed by atoms with Crippen LogP contribution in [0.25, 0.3) is 21.8 Å². The van der Waals surface area contributed by atoms with Crippen LogP contribution in [0.5, 0.6) is 11.5 Å². The Kier molecular flexibility index (Phi) is 6.14. The summed E-state index contributed by atoms with van der Waals surface area (Å²) in [4.78, 5) is 3.45. The second-order valence-corrected chi connectivity index (χ2v) is 5.94. The average molecular weight is 341 g/mol. The van der Waals surface area contributed by atoms with Crippen LogP contribution < -0.4 is 20.1 Å². The lowest BCUT2D eigenvalue weighted by Crippen LogP contribution is -2.20. The number of aromatic amines is 1. The van der Waals surface area contributed by atoms with Crippen LogP contribution in [0, 0.1) is 0 Å². The molecular weight excluding hydrogens is 314 g/mol. The summed E-state index contributed by atoms with van der Waals surface area (Å²) < 4.78 is 11.7. The number of hydrogen-bond donors (Lipinski definition) is 3. The molecule has 1 aromatic heterocycles. The Morgan fingerprint density at radius 1 is 0.760 bits per heavy atom. The van der Waals surface area contributed by atoms with Gasteiger partial charge in [0, 0.05) is 34.9 Å². The Labute approximate surface area is 148 Å². The van der Waals surface area contributed by atoms with Crippen LogP contribution in [0.1, 0.15) is 13.8 Å². The molecular formula is C20H27N3O2. The first-order valence-corrected chi connectivity index (χ1v) is 9.04. The molecule has 0 bridgehead atoms. The van der Waals surface area contributed by atoms with E-state index in [0.29, 0.717) is 13.2 Å². The molecule has 1 heterocycles. The summed E-state index contributed by atoms with van der Waals surface area (Å²) in [5.41, 5.74) is 2.22. The van der Waals surface area contributed by atoms with E-state index in [9.17, 15) is 0 Å². The van der Waals surface area contributed by atoms with E-state index in [-0.39, 0.29) is 0 Å². The van der Waals surface area contributed by atoms with Crippen molar-refractivity contribution in [1.29, 1.82) is 0 Å². The summed E-state index contributed by atoms with van der Waals surface area (Å²) in [6.45, 7) is 9.15. The Balaban J connectivity index is 1.77. The van der Waals surface area contributed by atoms with Gasteiger partial charge in [-0.05, 0) is 49.5 Å². The highest BCUT2D eigenvalue weighted by Gasteiger charge is 2.07. The maximum Gasteiger partial charge on any atom is 0.120 e. The van der Waals surface area contributed by atoms with E-state index in [1.54, 1.807) is 0 Å². The molecule has 0 atom stereocenters. The molecule has 0 radical (unpaired) electrons. The predicted molar refractivity (Wildman–Crippen MR) is 104 cm³/mol. The minimum atomic E-state index is 0.667. The van der Waals surface area contributed by atoms with E-state index in [0.717, 1.165) is 59.5 Å². The molecule has 2 aromatic carbocycles. The third kappa shape index (κ3) is 4.44. The van der Waals surface area contributed by atoms with E-state index in [1.165, 1.54) is 0 Å². The Bertz CT molecular complexity index is 747. The Hall–Kier alpha value is -2.24. The first-order valence-electron chi connectivity index (χ1n) is 9.04. The highest BCUT2D eigenvalue weighted by atomic mass is 16.5. The molecule has 5 heteroatoms. The van der Waals surface area contributed by atoms with Gasteiger partial charge in [-0.3, -0.25) is 0 Å². The fourth-order valence-electron chi connectivity index (χ4n) is 2.87. The molecule has 3 aromatic rings.